The van der Waals surface area contributed by atoms with E-state index >= 15 is 0 Å². The molecule has 22 heavy (non-hydrogen) atoms. The van der Waals surface area contributed by atoms with Gasteiger partial charge in [-0.05, 0) is 7.05 Å². The first-order valence-corrected chi connectivity index (χ1v) is 7.10. The fraction of sp³-hybridized carbons (Fsp3) is 0.571. The molecular formula is C14H18FN3O4. The first-order chi connectivity index (χ1) is 10.5. The Balaban J connectivity index is 1.97. The number of likely N-dealkylation sites (N-methyl/N-ethyl adjacent to an activating group) is 1. The second-order valence-electron chi connectivity index (χ2n) is 5.60. The van der Waals surface area contributed by atoms with Gasteiger partial charge in [0.25, 0.3) is 0 Å². The maximum atomic E-state index is 14.1. The third kappa shape index (κ3) is 2.48. The summed E-state index contributed by atoms with van der Waals surface area (Å²) in [6, 6.07) is 2.70. The van der Waals surface area contributed by atoms with Crippen LogP contribution in [0.25, 0.3) is 0 Å². The van der Waals surface area contributed by atoms with E-state index < -0.39 is 16.4 Å². The molecule has 2 unspecified atom stereocenters. The van der Waals surface area contributed by atoms with Crippen molar-refractivity contribution in [2.24, 2.45) is 0 Å². The molecule has 2 saturated heterocycles. The van der Waals surface area contributed by atoms with Gasteiger partial charge in [0.1, 0.15) is 11.4 Å². The molecule has 0 saturated carbocycles. The fourth-order valence-corrected chi connectivity index (χ4v) is 3.15. The Morgan fingerprint density at radius 2 is 2.23 bits per heavy atom. The number of fused-ring (bicyclic) bond motifs is 1. The van der Waals surface area contributed by atoms with Crippen LogP contribution in [0.1, 0.15) is 0 Å². The van der Waals surface area contributed by atoms with Crippen LogP contribution in [-0.4, -0.2) is 62.4 Å². The van der Waals surface area contributed by atoms with Crippen molar-refractivity contribution in [1.29, 1.82) is 0 Å². The summed E-state index contributed by atoms with van der Waals surface area (Å²) in [7, 11) is 3.41. The Kier molecular flexibility index (Phi) is 3.88. The summed E-state index contributed by atoms with van der Waals surface area (Å²) in [4.78, 5) is 14.5. The van der Waals surface area contributed by atoms with E-state index in [-0.39, 0.29) is 23.6 Å². The molecule has 1 aromatic carbocycles. The van der Waals surface area contributed by atoms with Crippen molar-refractivity contribution in [3.63, 3.8) is 0 Å². The van der Waals surface area contributed by atoms with Gasteiger partial charge in [0, 0.05) is 31.8 Å². The van der Waals surface area contributed by atoms with E-state index in [1.54, 1.807) is 4.90 Å². The Morgan fingerprint density at radius 1 is 1.45 bits per heavy atom. The molecule has 0 radical (unpaired) electrons. The molecule has 2 atom stereocenters. The zero-order chi connectivity index (χ0) is 15.9. The van der Waals surface area contributed by atoms with Crippen LogP contribution in [0.2, 0.25) is 0 Å². The molecule has 0 aliphatic carbocycles. The second kappa shape index (κ2) is 5.69. The zero-order valence-corrected chi connectivity index (χ0v) is 12.5. The van der Waals surface area contributed by atoms with Crippen LogP contribution in [0.15, 0.2) is 12.1 Å². The van der Waals surface area contributed by atoms with Crippen molar-refractivity contribution >= 4 is 11.4 Å². The molecule has 3 rings (SSSR count). The first kappa shape index (κ1) is 15.0. The molecule has 0 aromatic heterocycles. The smallest absolute Gasteiger partial charge is 0.328 e. The Bertz CT molecular complexity index is 598. The summed E-state index contributed by atoms with van der Waals surface area (Å²) < 4.78 is 24.8. The van der Waals surface area contributed by atoms with E-state index in [0.717, 1.165) is 12.6 Å². The SMILES string of the molecule is COc1cc(F)c([N+](=O)[O-])c(N2CC3OCCN(C)C3C2)c1. The molecule has 2 aliphatic rings. The number of hydrogen-bond acceptors (Lipinski definition) is 6. The van der Waals surface area contributed by atoms with Gasteiger partial charge in [0.05, 0.1) is 30.8 Å². The van der Waals surface area contributed by atoms with Crippen molar-refractivity contribution in [2.45, 2.75) is 12.1 Å². The molecule has 0 bridgehead atoms. The van der Waals surface area contributed by atoms with Crippen LogP contribution in [0.4, 0.5) is 15.8 Å². The summed E-state index contributed by atoms with van der Waals surface area (Å²) >= 11 is 0. The lowest BCUT2D eigenvalue weighted by molar-refractivity contribution is -0.386. The number of anilines is 1. The van der Waals surface area contributed by atoms with Gasteiger partial charge >= 0.3 is 5.69 Å². The van der Waals surface area contributed by atoms with Gasteiger partial charge in [-0.2, -0.15) is 4.39 Å². The van der Waals surface area contributed by atoms with Crippen LogP contribution in [0, 0.1) is 15.9 Å². The van der Waals surface area contributed by atoms with Crippen molar-refractivity contribution in [3.05, 3.63) is 28.1 Å². The largest absolute Gasteiger partial charge is 0.497 e. The Labute approximate surface area is 127 Å². The molecule has 2 heterocycles. The predicted octanol–water partition coefficient (Wildman–Crippen LogP) is 1.26. The number of nitrogens with zero attached hydrogens (tertiary/aromatic N) is 3. The van der Waals surface area contributed by atoms with Gasteiger partial charge in [0.15, 0.2) is 0 Å². The zero-order valence-electron chi connectivity index (χ0n) is 12.5. The lowest BCUT2D eigenvalue weighted by Gasteiger charge is -2.33. The van der Waals surface area contributed by atoms with Crippen LogP contribution in [0.5, 0.6) is 5.75 Å². The van der Waals surface area contributed by atoms with Crippen molar-refractivity contribution in [1.82, 2.24) is 4.90 Å². The molecule has 120 valence electrons. The highest BCUT2D eigenvalue weighted by Crippen LogP contribution is 2.38. The van der Waals surface area contributed by atoms with Gasteiger partial charge in [-0.25, -0.2) is 0 Å². The van der Waals surface area contributed by atoms with E-state index in [1.807, 2.05) is 7.05 Å². The number of nitro groups is 1. The maximum Gasteiger partial charge on any atom is 0.328 e. The Hall–Kier alpha value is -1.93. The number of hydrogen-bond donors (Lipinski definition) is 0. The molecule has 2 aliphatic heterocycles. The minimum absolute atomic E-state index is 0.0207. The van der Waals surface area contributed by atoms with E-state index in [2.05, 4.69) is 4.90 Å². The summed E-state index contributed by atoms with van der Waals surface area (Å²) in [5.41, 5.74) is -0.268. The molecule has 0 N–H and O–H groups in total. The molecule has 7 nitrogen and oxygen atoms in total. The van der Waals surface area contributed by atoms with E-state index in [9.17, 15) is 14.5 Å². The predicted molar refractivity (Wildman–Crippen MR) is 78.0 cm³/mol. The third-order valence-electron chi connectivity index (χ3n) is 4.35. The average molecular weight is 311 g/mol. The topological polar surface area (TPSA) is 68.1 Å². The number of benzene rings is 1. The van der Waals surface area contributed by atoms with Crippen LogP contribution < -0.4 is 9.64 Å². The normalized spacial score (nSPS) is 25.1. The van der Waals surface area contributed by atoms with E-state index in [4.69, 9.17) is 9.47 Å². The molecule has 1 aromatic rings. The number of nitro benzene ring substituents is 1. The minimum Gasteiger partial charge on any atom is -0.497 e. The number of morpholine rings is 1. The summed E-state index contributed by atoms with van der Waals surface area (Å²) in [6.45, 7) is 2.53. The van der Waals surface area contributed by atoms with Crippen molar-refractivity contribution < 1.29 is 18.8 Å². The summed E-state index contributed by atoms with van der Waals surface area (Å²) in [5.74, 6) is -0.620. The van der Waals surface area contributed by atoms with Crippen molar-refractivity contribution in [2.75, 3.05) is 45.3 Å². The lowest BCUT2D eigenvalue weighted by atomic mass is 10.1. The van der Waals surface area contributed by atoms with Gasteiger partial charge in [-0.15, -0.1) is 0 Å². The quantitative estimate of drug-likeness (QED) is 0.618. The standard InChI is InChI=1S/C14H18FN3O4/c1-16-3-4-22-13-8-17(7-12(13)16)11-6-9(21-2)5-10(15)14(11)18(19)20/h5-6,12-13H,3-4,7-8H2,1-2H3. The van der Waals surface area contributed by atoms with E-state index in [1.165, 1.54) is 13.2 Å². The molecule has 2 fully saturated rings. The van der Waals surface area contributed by atoms with E-state index in [0.29, 0.717) is 19.7 Å². The van der Waals surface area contributed by atoms with Crippen LogP contribution in [-0.2, 0) is 4.74 Å². The number of rotatable bonds is 3. The highest BCUT2D eigenvalue weighted by molar-refractivity contribution is 5.67. The molecule has 0 amide bonds. The molecular weight excluding hydrogens is 293 g/mol. The summed E-state index contributed by atoms with van der Waals surface area (Å²) in [6.07, 6.45) is -0.0207. The monoisotopic (exact) mass is 311 g/mol. The van der Waals surface area contributed by atoms with Gasteiger partial charge < -0.3 is 14.4 Å². The van der Waals surface area contributed by atoms with Crippen molar-refractivity contribution in [3.8, 4) is 5.75 Å². The second-order valence-corrected chi connectivity index (χ2v) is 5.60. The lowest BCUT2D eigenvalue weighted by Crippen LogP contribution is -2.48. The third-order valence-corrected chi connectivity index (χ3v) is 4.35. The number of ether oxygens (including phenoxy) is 2. The minimum atomic E-state index is -0.886. The van der Waals surface area contributed by atoms with Gasteiger partial charge in [0.2, 0.25) is 5.82 Å². The van der Waals surface area contributed by atoms with Crippen LogP contribution >= 0.6 is 0 Å². The number of methoxy groups -OCH3 is 1. The first-order valence-electron chi connectivity index (χ1n) is 7.10. The van der Waals surface area contributed by atoms with Gasteiger partial charge in [-0.1, -0.05) is 0 Å². The number of halogens is 1. The van der Waals surface area contributed by atoms with Gasteiger partial charge in [-0.3, -0.25) is 15.0 Å². The highest BCUT2D eigenvalue weighted by Gasteiger charge is 2.41. The fourth-order valence-electron chi connectivity index (χ4n) is 3.15. The Morgan fingerprint density at radius 3 is 2.86 bits per heavy atom. The molecule has 0 spiro atoms. The highest BCUT2D eigenvalue weighted by atomic mass is 19.1. The molecule has 8 heteroatoms. The average Bonchev–Trinajstić information content (AvgIpc) is 2.91. The van der Waals surface area contributed by atoms with Crippen LogP contribution in [0.3, 0.4) is 0 Å². The maximum absolute atomic E-state index is 14.1. The summed E-state index contributed by atoms with van der Waals surface area (Å²) in [5, 5.41) is 11.2.